The fourth-order valence-electron chi connectivity index (χ4n) is 13.1. The quantitative estimate of drug-likeness (QED) is 0.0413. The van der Waals surface area contributed by atoms with Crippen molar-refractivity contribution in [3.05, 3.63) is 323 Å². The number of nitrogens with one attached hydrogen (secondary N) is 3. The Bertz CT molecular complexity index is 2930. The van der Waals surface area contributed by atoms with Gasteiger partial charge in [-0.3, -0.25) is 25.5 Å². The molecule has 8 heteroatoms. The summed E-state index contributed by atoms with van der Waals surface area (Å²) >= 11 is 0. The molecule has 10 rings (SSSR count). The summed E-state index contributed by atoms with van der Waals surface area (Å²) in [5.41, 5.74) is 8.85. The van der Waals surface area contributed by atoms with Gasteiger partial charge in [0.25, 0.3) is 0 Å². The van der Waals surface area contributed by atoms with Crippen molar-refractivity contribution in [2.75, 3.05) is 65.4 Å². The van der Waals surface area contributed by atoms with Gasteiger partial charge >= 0.3 is 0 Å². The van der Waals surface area contributed by atoms with Crippen molar-refractivity contribution in [1.82, 2.24) is 30.7 Å². The van der Waals surface area contributed by atoms with Gasteiger partial charge in [0.15, 0.2) is 0 Å². The van der Waals surface area contributed by atoms with Crippen LogP contribution in [0.3, 0.4) is 0 Å². The van der Waals surface area contributed by atoms with Crippen LogP contribution in [0.15, 0.2) is 273 Å². The van der Waals surface area contributed by atoms with Crippen molar-refractivity contribution in [1.29, 1.82) is 0 Å². The van der Waals surface area contributed by atoms with E-state index in [9.17, 15) is 9.59 Å². The summed E-state index contributed by atoms with van der Waals surface area (Å²) in [6.45, 7) is 7.46. The zero-order valence-corrected chi connectivity index (χ0v) is 50.1. The summed E-state index contributed by atoms with van der Waals surface area (Å²) in [7, 11) is 0. The second kappa shape index (κ2) is 31.2. The topological polar surface area (TPSA) is 80.0 Å². The molecule has 440 valence electrons. The molecule has 1 heterocycles. The minimum atomic E-state index is -0.604. The van der Waals surface area contributed by atoms with Gasteiger partial charge in [-0.15, -0.1) is 0 Å². The summed E-state index contributed by atoms with van der Waals surface area (Å²) in [6, 6.07) is 96.8. The molecule has 1 aliphatic heterocycles. The molecule has 9 aromatic carbocycles. The molecular weight excluding hydrogens is 1050 g/mol. The summed E-state index contributed by atoms with van der Waals surface area (Å²) in [6.07, 6.45) is 6.57. The standard InChI is InChI=1S/C78H86N6O2/c85-74-53-54-75(86)84(64-34-57-81-78(71-47-22-7-23-48-71,72-49-24-8-25-50-72)73-51-26-9-27-52-73)62-31-29-59-82(60-32-55-79-76(65-35-10-1-11-36-65,66-37-12-2-13-38-66)67-39-14-3-15-40-67)58-28-30-61-83(74)63-33-56-80-77(68-41-16-4-17-42-68,69-43-18-5-19-44-69)70-45-20-6-21-46-70/h1-27,35-52,79-81H,28-34,53-64H2. The molecule has 1 aliphatic rings. The van der Waals surface area contributed by atoms with E-state index in [1.807, 2.05) is 0 Å². The number of carbonyl (C=O) groups is 2. The van der Waals surface area contributed by atoms with E-state index >= 15 is 0 Å². The number of hydrogen-bond acceptors (Lipinski definition) is 6. The molecule has 0 saturated carbocycles. The largest absolute Gasteiger partial charge is 0.343 e. The highest BCUT2D eigenvalue weighted by Gasteiger charge is 2.38. The van der Waals surface area contributed by atoms with Crippen LogP contribution in [-0.4, -0.2) is 92.0 Å². The van der Waals surface area contributed by atoms with Crippen molar-refractivity contribution < 1.29 is 9.59 Å². The van der Waals surface area contributed by atoms with E-state index < -0.39 is 16.6 Å². The first kappa shape index (κ1) is 60.9. The molecule has 0 atom stereocenters. The van der Waals surface area contributed by atoms with Crippen LogP contribution < -0.4 is 16.0 Å². The number of amides is 2. The maximum atomic E-state index is 14.7. The third-order valence-corrected chi connectivity index (χ3v) is 17.5. The lowest BCUT2D eigenvalue weighted by Gasteiger charge is -2.37. The van der Waals surface area contributed by atoms with Gasteiger partial charge in [-0.25, -0.2) is 0 Å². The second-order valence-electron chi connectivity index (χ2n) is 22.9. The molecule has 0 aliphatic carbocycles. The molecule has 0 unspecified atom stereocenters. The highest BCUT2D eigenvalue weighted by Crippen LogP contribution is 2.40. The monoisotopic (exact) mass is 1140 g/mol. The Morgan fingerprint density at radius 3 is 0.686 bits per heavy atom. The van der Waals surface area contributed by atoms with Gasteiger partial charge in [0.05, 0.1) is 16.6 Å². The third-order valence-electron chi connectivity index (χ3n) is 17.5. The van der Waals surface area contributed by atoms with Gasteiger partial charge in [0.2, 0.25) is 11.8 Å². The maximum Gasteiger partial charge on any atom is 0.223 e. The van der Waals surface area contributed by atoms with Crippen LogP contribution in [0.2, 0.25) is 0 Å². The molecule has 86 heavy (non-hydrogen) atoms. The molecule has 8 nitrogen and oxygen atoms in total. The summed E-state index contributed by atoms with van der Waals surface area (Å²) in [5.74, 6) is 0.102. The molecule has 2 amide bonds. The van der Waals surface area contributed by atoms with E-state index in [4.69, 9.17) is 0 Å². The number of benzene rings is 9. The van der Waals surface area contributed by atoms with Crippen LogP contribution in [0.4, 0.5) is 0 Å². The Kier molecular flexibility index (Phi) is 22.1. The van der Waals surface area contributed by atoms with Crippen molar-refractivity contribution >= 4 is 11.8 Å². The Hall–Kier alpha value is -8.24. The minimum absolute atomic E-state index is 0.0512. The van der Waals surface area contributed by atoms with Gasteiger partial charge in [-0.1, -0.05) is 273 Å². The molecule has 9 aromatic rings. The first-order valence-corrected chi connectivity index (χ1v) is 31.5. The van der Waals surface area contributed by atoms with Crippen molar-refractivity contribution in [3.63, 3.8) is 0 Å². The average molecular weight is 1140 g/mol. The second-order valence-corrected chi connectivity index (χ2v) is 22.9. The molecule has 0 aromatic heterocycles. The average Bonchev–Trinajstić information content (AvgIpc) is 1.44. The summed E-state index contributed by atoms with van der Waals surface area (Å²) < 4.78 is 0. The lowest BCUT2D eigenvalue weighted by atomic mass is 9.77. The SMILES string of the molecule is O=C1CCC(=O)N(CCCNC(c2ccccc2)(c2ccccc2)c2ccccc2)CCCCN(CCCNC(c2ccccc2)(c2ccccc2)c2ccccc2)CCCCN1CCCNC(c1ccccc1)(c1ccccc1)c1ccccc1. The third kappa shape index (κ3) is 14.9. The summed E-state index contributed by atoms with van der Waals surface area (Å²) in [5, 5.41) is 12.2. The number of hydrogen-bond donors (Lipinski definition) is 3. The highest BCUT2D eigenvalue weighted by molar-refractivity contribution is 5.84. The van der Waals surface area contributed by atoms with Crippen LogP contribution in [-0.2, 0) is 26.2 Å². The van der Waals surface area contributed by atoms with E-state index in [0.717, 1.165) is 105 Å². The minimum Gasteiger partial charge on any atom is -0.343 e. The molecule has 1 fully saturated rings. The van der Waals surface area contributed by atoms with Gasteiger partial charge in [0.1, 0.15) is 0 Å². The Morgan fingerprint density at radius 2 is 0.465 bits per heavy atom. The highest BCUT2D eigenvalue weighted by atomic mass is 16.2. The van der Waals surface area contributed by atoms with Crippen LogP contribution in [0.1, 0.15) is 108 Å². The molecule has 0 bridgehead atoms. The van der Waals surface area contributed by atoms with Crippen molar-refractivity contribution in [2.24, 2.45) is 0 Å². The molecule has 3 N–H and O–H groups in total. The smallest absolute Gasteiger partial charge is 0.223 e. The number of carbonyl (C=O) groups excluding carboxylic acids is 2. The van der Waals surface area contributed by atoms with E-state index in [1.54, 1.807) is 0 Å². The Balaban J connectivity index is 0.863. The van der Waals surface area contributed by atoms with E-state index in [2.05, 4.69) is 304 Å². The fraction of sp³-hybridized carbons (Fsp3) is 0.282. The normalized spacial score (nSPS) is 14.6. The summed E-state index contributed by atoms with van der Waals surface area (Å²) in [4.78, 5) is 36.1. The van der Waals surface area contributed by atoms with Crippen LogP contribution in [0.5, 0.6) is 0 Å². The fourth-order valence-corrected chi connectivity index (χ4v) is 13.1. The molecular formula is C78H86N6O2. The van der Waals surface area contributed by atoms with E-state index in [-0.39, 0.29) is 24.7 Å². The van der Waals surface area contributed by atoms with E-state index in [0.29, 0.717) is 39.3 Å². The first-order chi connectivity index (χ1) is 42.5. The predicted molar refractivity (Wildman–Crippen MR) is 353 cm³/mol. The van der Waals surface area contributed by atoms with Gasteiger partial charge in [0, 0.05) is 39.0 Å². The van der Waals surface area contributed by atoms with Crippen molar-refractivity contribution in [3.8, 4) is 0 Å². The van der Waals surface area contributed by atoms with Crippen molar-refractivity contribution in [2.45, 2.75) is 74.4 Å². The van der Waals surface area contributed by atoms with Gasteiger partial charge < -0.3 is 14.7 Å². The molecule has 1 saturated heterocycles. The van der Waals surface area contributed by atoms with Gasteiger partial charge in [-0.2, -0.15) is 0 Å². The Labute approximate surface area is 512 Å². The maximum absolute atomic E-state index is 14.7. The first-order valence-electron chi connectivity index (χ1n) is 31.5. The van der Waals surface area contributed by atoms with Gasteiger partial charge in [-0.05, 0) is 134 Å². The van der Waals surface area contributed by atoms with E-state index in [1.165, 1.54) is 16.7 Å². The lowest BCUT2D eigenvalue weighted by Crippen LogP contribution is -2.46. The van der Waals surface area contributed by atoms with Crippen LogP contribution in [0.25, 0.3) is 0 Å². The van der Waals surface area contributed by atoms with Crippen LogP contribution in [0, 0.1) is 0 Å². The number of nitrogens with zero attached hydrogens (tertiary/aromatic N) is 3. The Morgan fingerprint density at radius 1 is 0.267 bits per heavy atom. The van der Waals surface area contributed by atoms with Crippen LogP contribution >= 0.6 is 0 Å². The molecule has 0 radical (unpaired) electrons. The zero-order chi connectivity index (χ0) is 59.0. The molecule has 0 spiro atoms. The lowest BCUT2D eigenvalue weighted by molar-refractivity contribution is -0.137. The number of rotatable bonds is 24. The predicted octanol–water partition coefficient (Wildman–Crippen LogP) is 14.2. The zero-order valence-electron chi connectivity index (χ0n) is 50.1.